The van der Waals surface area contributed by atoms with Crippen molar-refractivity contribution in [3.63, 3.8) is 0 Å². The minimum absolute atomic E-state index is 0.0493. The average molecular weight is 456 g/mol. The topological polar surface area (TPSA) is 35.6 Å². The molecule has 168 valence electrons. The molecule has 4 nitrogen and oxygen atoms in total. The van der Waals surface area contributed by atoms with E-state index in [1.165, 1.54) is 46.8 Å². The number of carbonyl (C=O) groups excluding carboxylic acids is 1. The van der Waals surface area contributed by atoms with Gasteiger partial charge in [0, 0.05) is 46.1 Å². The molecule has 5 heteroatoms. The predicted molar refractivity (Wildman–Crippen MR) is 136 cm³/mol. The molecular weight excluding hydrogens is 426 g/mol. The zero-order valence-corrected chi connectivity index (χ0v) is 19.9. The van der Waals surface area contributed by atoms with Crippen molar-refractivity contribution in [1.82, 2.24) is 4.90 Å². The lowest BCUT2D eigenvalue weighted by molar-refractivity contribution is -0.114. The van der Waals surface area contributed by atoms with Gasteiger partial charge in [0.1, 0.15) is 0 Å². The third-order valence-corrected chi connectivity index (χ3v) is 8.66. The lowest BCUT2D eigenvalue weighted by atomic mass is 9.94. The molecule has 2 saturated heterocycles. The molecule has 3 heterocycles. The van der Waals surface area contributed by atoms with Gasteiger partial charge in [-0.2, -0.15) is 0 Å². The lowest BCUT2D eigenvalue weighted by Crippen LogP contribution is -2.48. The fourth-order valence-corrected chi connectivity index (χ4v) is 7.08. The first-order valence-electron chi connectivity index (χ1n) is 11.9. The standard InChI is InChI=1S/C28H29N3OS/c1-18(32)29-24-8-4-3-7-23(24)19-11-14-26-28(15-19)33-27-10-6-5-9-25(27)31(26)22-16-20-12-13-21(17-22)30(20)2/h3-11,14-15,20-22H,12-13,16-17H2,1-2H3,(H,29,32). The van der Waals surface area contributed by atoms with Gasteiger partial charge in [-0.25, -0.2) is 0 Å². The van der Waals surface area contributed by atoms with Gasteiger partial charge in [-0.3, -0.25) is 4.79 Å². The van der Waals surface area contributed by atoms with Crippen LogP contribution in [0.2, 0.25) is 0 Å². The van der Waals surface area contributed by atoms with Crippen molar-refractivity contribution in [3.8, 4) is 11.1 Å². The van der Waals surface area contributed by atoms with Gasteiger partial charge in [0.05, 0.1) is 11.4 Å². The summed E-state index contributed by atoms with van der Waals surface area (Å²) in [7, 11) is 2.31. The van der Waals surface area contributed by atoms with Gasteiger partial charge in [-0.15, -0.1) is 0 Å². The van der Waals surface area contributed by atoms with Gasteiger partial charge in [-0.05, 0) is 68.6 Å². The molecule has 2 fully saturated rings. The van der Waals surface area contributed by atoms with Crippen molar-refractivity contribution in [2.24, 2.45) is 0 Å². The first-order chi connectivity index (χ1) is 16.1. The van der Waals surface area contributed by atoms with Crippen LogP contribution < -0.4 is 10.2 Å². The van der Waals surface area contributed by atoms with Gasteiger partial charge in [0.2, 0.25) is 5.91 Å². The second-order valence-corrected chi connectivity index (χ2v) is 10.6. The monoisotopic (exact) mass is 455 g/mol. The van der Waals surface area contributed by atoms with E-state index in [0.717, 1.165) is 16.8 Å². The average Bonchev–Trinajstić information content (AvgIpc) is 3.02. The normalized spacial score (nSPS) is 23.7. The van der Waals surface area contributed by atoms with Gasteiger partial charge >= 0.3 is 0 Å². The van der Waals surface area contributed by atoms with Crippen molar-refractivity contribution < 1.29 is 4.79 Å². The SMILES string of the molecule is CC(=O)Nc1ccccc1-c1ccc2c(c1)Sc1ccccc1N2C1CC2CCC(C1)N2C. The number of carbonyl (C=O) groups is 1. The summed E-state index contributed by atoms with van der Waals surface area (Å²) in [6.07, 6.45) is 5.10. The maximum atomic E-state index is 11.7. The predicted octanol–water partition coefficient (Wildman–Crippen LogP) is 6.54. The van der Waals surface area contributed by atoms with Gasteiger partial charge in [0.25, 0.3) is 0 Å². The number of anilines is 3. The zero-order valence-electron chi connectivity index (χ0n) is 19.1. The Kier molecular flexibility index (Phi) is 5.19. The Hall–Kier alpha value is -2.76. The van der Waals surface area contributed by atoms with Crippen molar-refractivity contribution in [2.75, 3.05) is 17.3 Å². The van der Waals surface area contributed by atoms with Crippen LogP contribution in [-0.2, 0) is 4.79 Å². The van der Waals surface area contributed by atoms with E-state index in [0.29, 0.717) is 18.1 Å². The summed E-state index contributed by atoms with van der Waals surface area (Å²) in [6.45, 7) is 1.56. The summed E-state index contributed by atoms with van der Waals surface area (Å²) < 4.78 is 0. The van der Waals surface area contributed by atoms with Crippen LogP contribution in [0.3, 0.4) is 0 Å². The number of para-hydroxylation sites is 2. The molecule has 0 spiro atoms. The van der Waals surface area contributed by atoms with Crippen LogP contribution >= 0.6 is 11.8 Å². The van der Waals surface area contributed by atoms with Crippen LogP contribution in [0.15, 0.2) is 76.5 Å². The van der Waals surface area contributed by atoms with Gasteiger partial charge < -0.3 is 15.1 Å². The number of amides is 1. The molecular formula is C28H29N3OS. The van der Waals surface area contributed by atoms with E-state index in [1.54, 1.807) is 6.92 Å². The van der Waals surface area contributed by atoms with E-state index in [9.17, 15) is 4.79 Å². The Labute approximate surface area is 200 Å². The molecule has 0 aliphatic carbocycles. The first kappa shape index (κ1) is 20.8. The molecule has 3 aliphatic heterocycles. The molecule has 2 unspecified atom stereocenters. The summed E-state index contributed by atoms with van der Waals surface area (Å²) in [5.41, 5.74) is 5.70. The van der Waals surface area contributed by atoms with Crippen molar-refractivity contribution in [3.05, 3.63) is 66.7 Å². The molecule has 0 saturated carbocycles. The molecule has 3 aromatic carbocycles. The highest BCUT2D eigenvalue weighted by Gasteiger charge is 2.42. The van der Waals surface area contributed by atoms with Crippen LogP contribution in [0.1, 0.15) is 32.6 Å². The van der Waals surface area contributed by atoms with E-state index in [4.69, 9.17) is 0 Å². The zero-order chi connectivity index (χ0) is 22.5. The number of nitrogens with zero attached hydrogens (tertiary/aromatic N) is 2. The van der Waals surface area contributed by atoms with Crippen molar-refractivity contribution in [1.29, 1.82) is 0 Å². The molecule has 3 aromatic rings. The van der Waals surface area contributed by atoms with Crippen molar-refractivity contribution in [2.45, 2.75) is 60.5 Å². The number of hydrogen-bond donors (Lipinski definition) is 1. The molecule has 6 rings (SSSR count). The maximum absolute atomic E-state index is 11.7. The molecule has 3 aliphatic rings. The number of rotatable bonds is 3. The van der Waals surface area contributed by atoms with Crippen LogP contribution in [-0.4, -0.2) is 36.0 Å². The van der Waals surface area contributed by atoms with Crippen LogP contribution in [0.4, 0.5) is 17.1 Å². The van der Waals surface area contributed by atoms with Crippen LogP contribution in [0.25, 0.3) is 11.1 Å². The number of benzene rings is 3. The number of nitrogens with one attached hydrogen (secondary N) is 1. The summed E-state index contributed by atoms with van der Waals surface area (Å²) in [6, 6.07) is 25.6. The first-order valence-corrected chi connectivity index (χ1v) is 12.7. The third-order valence-electron chi connectivity index (χ3n) is 7.55. The summed E-state index contributed by atoms with van der Waals surface area (Å²) in [5, 5.41) is 2.99. The number of hydrogen-bond acceptors (Lipinski definition) is 4. The van der Waals surface area contributed by atoms with Crippen molar-refractivity contribution >= 4 is 34.7 Å². The van der Waals surface area contributed by atoms with Crippen LogP contribution in [0, 0.1) is 0 Å². The molecule has 1 amide bonds. The molecule has 1 N–H and O–H groups in total. The molecule has 33 heavy (non-hydrogen) atoms. The van der Waals surface area contributed by atoms with Gasteiger partial charge in [-0.1, -0.05) is 48.2 Å². The smallest absolute Gasteiger partial charge is 0.221 e. The minimum atomic E-state index is -0.0493. The van der Waals surface area contributed by atoms with E-state index in [1.807, 2.05) is 30.0 Å². The highest BCUT2D eigenvalue weighted by atomic mass is 32.2. The fourth-order valence-electron chi connectivity index (χ4n) is 5.97. The quantitative estimate of drug-likeness (QED) is 0.486. The molecule has 2 bridgehead atoms. The number of fused-ring (bicyclic) bond motifs is 4. The fraction of sp³-hybridized carbons (Fsp3) is 0.321. The lowest BCUT2D eigenvalue weighted by Gasteiger charge is -2.45. The Morgan fingerprint density at radius 2 is 1.58 bits per heavy atom. The molecule has 0 radical (unpaired) electrons. The minimum Gasteiger partial charge on any atom is -0.336 e. The Morgan fingerprint density at radius 1 is 0.879 bits per heavy atom. The summed E-state index contributed by atoms with van der Waals surface area (Å²) in [5.74, 6) is -0.0493. The highest BCUT2D eigenvalue weighted by Crippen LogP contribution is 2.52. The van der Waals surface area contributed by atoms with Gasteiger partial charge in [0.15, 0.2) is 0 Å². The largest absolute Gasteiger partial charge is 0.336 e. The maximum Gasteiger partial charge on any atom is 0.221 e. The van der Waals surface area contributed by atoms with E-state index < -0.39 is 0 Å². The third kappa shape index (κ3) is 3.64. The van der Waals surface area contributed by atoms with E-state index in [-0.39, 0.29) is 5.91 Å². The Morgan fingerprint density at radius 3 is 2.36 bits per heavy atom. The summed E-state index contributed by atoms with van der Waals surface area (Å²) in [4.78, 5) is 19.6. The number of piperidine rings is 1. The second-order valence-electron chi connectivity index (χ2n) is 9.52. The molecule has 2 atom stereocenters. The Balaban J connectivity index is 1.42. The second kappa shape index (κ2) is 8.23. The van der Waals surface area contributed by atoms with E-state index >= 15 is 0 Å². The summed E-state index contributed by atoms with van der Waals surface area (Å²) >= 11 is 1.86. The van der Waals surface area contributed by atoms with Crippen LogP contribution in [0.5, 0.6) is 0 Å². The van der Waals surface area contributed by atoms with E-state index in [2.05, 4.69) is 70.7 Å². The molecule has 0 aromatic heterocycles. The highest BCUT2D eigenvalue weighted by molar-refractivity contribution is 7.99. The Bertz CT molecular complexity index is 1210.